The molecule has 0 unspecified atom stereocenters. The predicted octanol–water partition coefficient (Wildman–Crippen LogP) is 4.52. The molecule has 0 radical (unpaired) electrons. The normalized spacial score (nSPS) is 10.5. The second-order valence-corrected chi connectivity index (χ2v) is 6.64. The molecule has 0 aliphatic heterocycles. The summed E-state index contributed by atoms with van der Waals surface area (Å²) in [5.74, 6) is 0.586. The molecule has 0 atom stereocenters. The van der Waals surface area contributed by atoms with Gasteiger partial charge in [0.25, 0.3) is 0 Å². The van der Waals surface area contributed by atoms with Crippen LogP contribution in [0.5, 0.6) is 5.75 Å². The first-order valence-corrected chi connectivity index (χ1v) is 9.01. The zero-order chi connectivity index (χ0) is 17.6. The van der Waals surface area contributed by atoms with E-state index in [-0.39, 0.29) is 5.91 Å². The molecular formula is C20H20N2O2S. The molecule has 1 heterocycles. The van der Waals surface area contributed by atoms with E-state index in [1.54, 1.807) is 5.51 Å². The number of aryl methyl sites for hydroxylation is 2. The van der Waals surface area contributed by atoms with Crippen molar-refractivity contribution in [1.82, 2.24) is 4.98 Å². The predicted molar refractivity (Wildman–Crippen MR) is 101 cm³/mol. The Labute approximate surface area is 151 Å². The number of thiazole rings is 1. The first-order chi connectivity index (χ1) is 12.1. The summed E-state index contributed by atoms with van der Waals surface area (Å²) in [5, 5.41) is 4.90. The highest BCUT2D eigenvalue weighted by molar-refractivity contribution is 7.07. The molecule has 0 fully saturated rings. The van der Waals surface area contributed by atoms with Crippen molar-refractivity contribution in [1.29, 1.82) is 0 Å². The monoisotopic (exact) mass is 352 g/mol. The van der Waals surface area contributed by atoms with E-state index in [9.17, 15) is 4.79 Å². The van der Waals surface area contributed by atoms with Gasteiger partial charge in [0.15, 0.2) is 0 Å². The third kappa shape index (κ3) is 4.67. The number of hydrogen-bond donors (Lipinski definition) is 1. The number of para-hydroxylation sites is 2. The maximum absolute atomic E-state index is 12.5. The Morgan fingerprint density at radius 1 is 1.20 bits per heavy atom. The van der Waals surface area contributed by atoms with Crippen molar-refractivity contribution in [3.63, 3.8) is 0 Å². The summed E-state index contributed by atoms with van der Waals surface area (Å²) in [6.07, 6.45) is 0.341. The maximum atomic E-state index is 12.5. The maximum Gasteiger partial charge on any atom is 0.228 e. The topological polar surface area (TPSA) is 51.2 Å². The first-order valence-electron chi connectivity index (χ1n) is 8.06. The molecule has 128 valence electrons. The van der Waals surface area contributed by atoms with Gasteiger partial charge in [0, 0.05) is 5.38 Å². The lowest BCUT2D eigenvalue weighted by atomic mass is 10.0. The average molecular weight is 352 g/mol. The molecule has 3 aromatic rings. The fraction of sp³-hybridized carbons (Fsp3) is 0.200. The quantitative estimate of drug-likeness (QED) is 0.709. The van der Waals surface area contributed by atoms with Crippen molar-refractivity contribution in [2.24, 2.45) is 0 Å². The fourth-order valence-corrected chi connectivity index (χ4v) is 3.06. The lowest BCUT2D eigenvalue weighted by Crippen LogP contribution is -2.16. The summed E-state index contributed by atoms with van der Waals surface area (Å²) in [7, 11) is 0. The third-order valence-electron chi connectivity index (χ3n) is 3.88. The van der Waals surface area contributed by atoms with Gasteiger partial charge in [-0.3, -0.25) is 4.79 Å². The van der Waals surface area contributed by atoms with Gasteiger partial charge in [-0.1, -0.05) is 35.9 Å². The molecule has 5 heteroatoms. The van der Waals surface area contributed by atoms with Crippen LogP contribution in [-0.2, 0) is 17.8 Å². The molecule has 2 aromatic carbocycles. The summed E-state index contributed by atoms with van der Waals surface area (Å²) in [4.78, 5) is 16.7. The van der Waals surface area contributed by atoms with Gasteiger partial charge in [0.1, 0.15) is 12.4 Å². The van der Waals surface area contributed by atoms with Crippen LogP contribution in [0.2, 0.25) is 0 Å². The van der Waals surface area contributed by atoms with Crippen molar-refractivity contribution in [3.05, 3.63) is 75.7 Å². The van der Waals surface area contributed by atoms with E-state index in [1.165, 1.54) is 11.3 Å². The Morgan fingerprint density at radius 2 is 2.04 bits per heavy atom. The number of nitrogens with zero attached hydrogens (tertiary/aromatic N) is 1. The molecule has 4 nitrogen and oxygen atoms in total. The molecule has 3 rings (SSSR count). The zero-order valence-electron chi connectivity index (χ0n) is 14.3. The van der Waals surface area contributed by atoms with E-state index >= 15 is 0 Å². The SMILES string of the molecule is Cc1ccc(C)c(CC(=O)Nc2ccccc2OCc2cscn2)c1. The number of aromatic nitrogens is 1. The third-order valence-corrected chi connectivity index (χ3v) is 4.51. The Morgan fingerprint density at radius 3 is 2.84 bits per heavy atom. The molecule has 0 aliphatic rings. The van der Waals surface area contributed by atoms with Crippen LogP contribution in [-0.4, -0.2) is 10.9 Å². The minimum absolute atomic E-state index is 0.0570. The van der Waals surface area contributed by atoms with Crippen LogP contribution < -0.4 is 10.1 Å². The highest BCUT2D eigenvalue weighted by Gasteiger charge is 2.10. The Balaban J connectivity index is 1.67. The standard InChI is InChI=1S/C20H20N2O2S/c1-14-7-8-15(2)16(9-14)10-20(23)22-18-5-3-4-6-19(18)24-11-17-12-25-13-21-17/h3-9,12-13H,10-11H2,1-2H3,(H,22,23). The van der Waals surface area contributed by atoms with E-state index in [4.69, 9.17) is 4.74 Å². The molecule has 0 bridgehead atoms. The van der Waals surface area contributed by atoms with Crippen molar-refractivity contribution >= 4 is 22.9 Å². The van der Waals surface area contributed by atoms with Crippen molar-refractivity contribution in [2.75, 3.05) is 5.32 Å². The highest BCUT2D eigenvalue weighted by Crippen LogP contribution is 2.25. The van der Waals surface area contributed by atoms with Crippen LogP contribution in [0, 0.1) is 13.8 Å². The van der Waals surface area contributed by atoms with E-state index in [2.05, 4.69) is 22.4 Å². The van der Waals surface area contributed by atoms with Crippen LogP contribution in [0.1, 0.15) is 22.4 Å². The molecule has 25 heavy (non-hydrogen) atoms. The highest BCUT2D eigenvalue weighted by atomic mass is 32.1. The number of carbonyl (C=O) groups is 1. The zero-order valence-corrected chi connectivity index (χ0v) is 15.1. The number of benzene rings is 2. The number of carbonyl (C=O) groups excluding carboxylic acids is 1. The summed E-state index contributed by atoms with van der Waals surface area (Å²) in [6, 6.07) is 13.6. The molecule has 1 N–H and O–H groups in total. The molecule has 1 amide bonds. The van der Waals surface area contributed by atoms with Gasteiger partial charge in [0.05, 0.1) is 23.3 Å². The second kappa shape index (κ2) is 7.94. The fourth-order valence-electron chi connectivity index (χ4n) is 2.51. The minimum atomic E-state index is -0.0570. The summed E-state index contributed by atoms with van der Waals surface area (Å²) in [5.41, 5.74) is 6.64. The average Bonchev–Trinajstić information content (AvgIpc) is 3.11. The van der Waals surface area contributed by atoms with Crippen LogP contribution in [0.15, 0.2) is 53.4 Å². The van der Waals surface area contributed by atoms with E-state index in [0.29, 0.717) is 24.5 Å². The van der Waals surface area contributed by atoms with Crippen molar-refractivity contribution in [2.45, 2.75) is 26.9 Å². The molecule has 0 aliphatic carbocycles. The molecule has 0 saturated carbocycles. The number of hydrogen-bond acceptors (Lipinski definition) is 4. The Bertz CT molecular complexity index is 860. The van der Waals surface area contributed by atoms with Gasteiger partial charge in [-0.2, -0.15) is 0 Å². The van der Waals surface area contributed by atoms with Gasteiger partial charge in [-0.25, -0.2) is 4.98 Å². The van der Waals surface area contributed by atoms with Gasteiger partial charge < -0.3 is 10.1 Å². The van der Waals surface area contributed by atoms with Crippen LogP contribution in [0.25, 0.3) is 0 Å². The van der Waals surface area contributed by atoms with Gasteiger partial charge in [-0.05, 0) is 37.1 Å². The molecule has 0 spiro atoms. The van der Waals surface area contributed by atoms with Crippen LogP contribution in [0.3, 0.4) is 0 Å². The van der Waals surface area contributed by atoms with Crippen molar-refractivity contribution in [3.8, 4) is 5.75 Å². The molecular weight excluding hydrogens is 332 g/mol. The van der Waals surface area contributed by atoms with E-state index in [1.807, 2.05) is 49.6 Å². The lowest BCUT2D eigenvalue weighted by Gasteiger charge is -2.12. The smallest absolute Gasteiger partial charge is 0.228 e. The minimum Gasteiger partial charge on any atom is -0.485 e. The van der Waals surface area contributed by atoms with E-state index < -0.39 is 0 Å². The number of nitrogens with one attached hydrogen (secondary N) is 1. The molecule has 0 saturated heterocycles. The second-order valence-electron chi connectivity index (χ2n) is 5.92. The van der Waals surface area contributed by atoms with Crippen LogP contribution in [0.4, 0.5) is 5.69 Å². The van der Waals surface area contributed by atoms with Gasteiger partial charge >= 0.3 is 0 Å². The summed E-state index contributed by atoms with van der Waals surface area (Å²) < 4.78 is 5.80. The van der Waals surface area contributed by atoms with Gasteiger partial charge in [-0.15, -0.1) is 11.3 Å². The largest absolute Gasteiger partial charge is 0.485 e. The number of rotatable bonds is 6. The number of amides is 1. The van der Waals surface area contributed by atoms with Gasteiger partial charge in [0.2, 0.25) is 5.91 Å². The first kappa shape index (κ1) is 17.2. The summed E-state index contributed by atoms with van der Waals surface area (Å²) >= 11 is 1.53. The van der Waals surface area contributed by atoms with Crippen molar-refractivity contribution < 1.29 is 9.53 Å². The van der Waals surface area contributed by atoms with Crippen LogP contribution >= 0.6 is 11.3 Å². The Hall–Kier alpha value is -2.66. The summed E-state index contributed by atoms with van der Waals surface area (Å²) in [6.45, 7) is 4.43. The number of anilines is 1. The Kier molecular flexibility index (Phi) is 5.46. The number of ether oxygens (including phenoxy) is 1. The molecule has 1 aromatic heterocycles. The van der Waals surface area contributed by atoms with E-state index in [0.717, 1.165) is 22.4 Å². The lowest BCUT2D eigenvalue weighted by molar-refractivity contribution is -0.115.